The number of ketones is 1. The van der Waals surface area contributed by atoms with E-state index >= 15 is 0 Å². The first-order valence-corrected chi connectivity index (χ1v) is 4.71. The van der Waals surface area contributed by atoms with Crippen LogP contribution in [0.2, 0.25) is 0 Å². The molecule has 0 bridgehead atoms. The summed E-state index contributed by atoms with van der Waals surface area (Å²) in [5.74, 6) is -0.0710. The summed E-state index contributed by atoms with van der Waals surface area (Å²) < 4.78 is 5.16. The number of benzene rings is 1. The number of rotatable bonds is 1. The molecule has 80 valence electrons. The van der Waals surface area contributed by atoms with Crippen LogP contribution in [0.3, 0.4) is 0 Å². The molecule has 2 rings (SSSR count). The number of furan rings is 1. The van der Waals surface area contributed by atoms with Crippen molar-refractivity contribution in [2.24, 2.45) is 0 Å². The normalized spacial score (nSPS) is 10.3. The molecule has 0 fully saturated rings. The third-order valence-electron chi connectivity index (χ3n) is 2.46. The molecule has 0 radical (unpaired) electrons. The molecule has 0 saturated heterocycles. The van der Waals surface area contributed by atoms with Gasteiger partial charge in [0.1, 0.15) is 6.07 Å². The first kappa shape index (κ1) is 10.2. The fourth-order valence-corrected chi connectivity index (χ4v) is 1.66. The number of hydrogen-bond acceptors (Lipinski definition) is 4. The SMILES string of the molecule is CC(=O)c1cc(C)c(O)c2oc(C#N)cc12. The van der Waals surface area contributed by atoms with E-state index in [-0.39, 0.29) is 22.9 Å². The van der Waals surface area contributed by atoms with Gasteiger partial charge in [0.05, 0.1) is 0 Å². The van der Waals surface area contributed by atoms with E-state index < -0.39 is 0 Å². The Labute approximate surface area is 91.7 Å². The number of Topliss-reactive ketones (excluding diaryl/α,β-unsaturated/α-hetero) is 1. The molecule has 0 spiro atoms. The van der Waals surface area contributed by atoms with Crippen LogP contribution in [0.1, 0.15) is 28.6 Å². The van der Waals surface area contributed by atoms with Crippen LogP contribution in [-0.4, -0.2) is 10.9 Å². The third-order valence-corrected chi connectivity index (χ3v) is 2.46. The van der Waals surface area contributed by atoms with E-state index in [1.165, 1.54) is 13.0 Å². The third kappa shape index (κ3) is 1.34. The summed E-state index contributed by atoms with van der Waals surface area (Å²) >= 11 is 0. The van der Waals surface area contributed by atoms with Crippen LogP contribution in [0.5, 0.6) is 5.75 Å². The zero-order valence-electron chi connectivity index (χ0n) is 8.87. The first-order chi connectivity index (χ1) is 7.54. The minimum atomic E-state index is -0.126. The van der Waals surface area contributed by atoms with Gasteiger partial charge in [0.15, 0.2) is 17.1 Å². The molecule has 4 nitrogen and oxygen atoms in total. The number of aryl methyl sites for hydroxylation is 1. The molecule has 2 aromatic rings. The topological polar surface area (TPSA) is 74.2 Å². The summed E-state index contributed by atoms with van der Waals surface area (Å²) in [5, 5.41) is 19.0. The van der Waals surface area contributed by atoms with Crippen LogP contribution in [0.25, 0.3) is 11.0 Å². The van der Waals surface area contributed by atoms with Crippen LogP contribution in [0.15, 0.2) is 16.5 Å². The van der Waals surface area contributed by atoms with Crippen molar-refractivity contribution in [1.29, 1.82) is 5.26 Å². The molecule has 0 atom stereocenters. The highest BCUT2D eigenvalue weighted by molar-refractivity contribution is 6.08. The molecule has 1 aromatic carbocycles. The van der Waals surface area contributed by atoms with E-state index in [4.69, 9.17) is 9.68 Å². The molecule has 1 heterocycles. The number of phenolic OH excluding ortho intramolecular Hbond substituents is 1. The van der Waals surface area contributed by atoms with E-state index in [1.54, 1.807) is 13.0 Å². The minimum Gasteiger partial charge on any atom is -0.504 e. The van der Waals surface area contributed by atoms with Crippen molar-refractivity contribution in [2.45, 2.75) is 13.8 Å². The smallest absolute Gasteiger partial charge is 0.205 e. The van der Waals surface area contributed by atoms with Crippen molar-refractivity contribution < 1.29 is 14.3 Å². The van der Waals surface area contributed by atoms with Crippen LogP contribution in [0, 0.1) is 18.3 Å². The molecule has 16 heavy (non-hydrogen) atoms. The Morgan fingerprint density at radius 3 is 2.75 bits per heavy atom. The summed E-state index contributed by atoms with van der Waals surface area (Å²) in [5.41, 5.74) is 1.20. The van der Waals surface area contributed by atoms with E-state index in [0.29, 0.717) is 16.5 Å². The molecule has 1 N–H and O–H groups in total. The van der Waals surface area contributed by atoms with Gasteiger partial charge in [-0.2, -0.15) is 5.26 Å². The Kier molecular flexibility index (Phi) is 2.17. The fraction of sp³-hybridized carbons (Fsp3) is 0.167. The van der Waals surface area contributed by atoms with E-state index in [9.17, 15) is 9.90 Å². The van der Waals surface area contributed by atoms with Gasteiger partial charge in [-0.05, 0) is 25.5 Å². The van der Waals surface area contributed by atoms with Crippen LogP contribution >= 0.6 is 0 Å². The van der Waals surface area contributed by atoms with Gasteiger partial charge in [-0.25, -0.2) is 0 Å². The van der Waals surface area contributed by atoms with Gasteiger partial charge in [0.2, 0.25) is 5.76 Å². The van der Waals surface area contributed by atoms with E-state index in [1.807, 2.05) is 6.07 Å². The molecule has 0 unspecified atom stereocenters. The summed E-state index contributed by atoms with van der Waals surface area (Å²) in [6.07, 6.45) is 0. The lowest BCUT2D eigenvalue weighted by atomic mass is 10.0. The largest absolute Gasteiger partial charge is 0.504 e. The fourth-order valence-electron chi connectivity index (χ4n) is 1.66. The zero-order chi connectivity index (χ0) is 11.9. The van der Waals surface area contributed by atoms with Crippen molar-refractivity contribution in [3.8, 4) is 11.8 Å². The van der Waals surface area contributed by atoms with Crippen molar-refractivity contribution in [1.82, 2.24) is 0 Å². The Balaban J connectivity index is 2.93. The van der Waals surface area contributed by atoms with Gasteiger partial charge in [-0.3, -0.25) is 4.79 Å². The first-order valence-electron chi connectivity index (χ1n) is 4.71. The van der Waals surface area contributed by atoms with Gasteiger partial charge >= 0.3 is 0 Å². The average molecular weight is 215 g/mol. The second-order valence-corrected chi connectivity index (χ2v) is 3.61. The summed E-state index contributed by atoms with van der Waals surface area (Å²) in [6, 6.07) is 4.90. The lowest BCUT2D eigenvalue weighted by molar-refractivity contribution is 0.101. The lowest BCUT2D eigenvalue weighted by Crippen LogP contribution is -1.93. The highest BCUT2D eigenvalue weighted by Gasteiger charge is 2.16. The van der Waals surface area contributed by atoms with Crippen molar-refractivity contribution in [3.05, 3.63) is 29.0 Å². The molecule has 1 aromatic heterocycles. The summed E-state index contributed by atoms with van der Waals surface area (Å²) in [4.78, 5) is 11.4. The predicted molar refractivity (Wildman–Crippen MR) is 57.3 cm³/mol. The number of nitriles is 1. The number of fused-ring (bicyclic) bond motifs is 1. The molecular weight excluding hydrogens is 206 g/mol. The number of phenols is 1. The van der Waals surface area contributed by atoms with Crippen LogP contribution < -0.4 is 0 Å². The molecule has 0 aliphatic rings. The maximum Gasteiger partial charge on any atom is 0.205 e. The van der Waals surface area contributed by atoms with Crippen molar-refractivity contribution in [3.63, 3.8) is 0 Å². The highest BCUT2D eigenvalue weighted by Crippen LogP contribution is 2.33. The van der Waals surface area contributed by atoms with Crippen molar-refractivity contribution in [2.75, 3.05) is 0 Å². The quantitative estimate of drug-likeness (QED) is 0.741. The van der Waals surface area contributed by atoms with E-state index in [2.05, 4.69) is 0 Å². The van der Waals surface area contributed by atoms with Crippen molar-refractivity contribution >= 4 is 16.8 Å². The molecule has 4 heteroatoms. The van der Waals surface area contributed by atoms with Gasteiger partial charge < -0.3 is 9.52 Å². The van der Waals surface area contributed by atoms with Gasteiger partial charge in [0, 0.05) is 17.0 Å². The predicted octanol–water partition coefficient (Wildman–Crippen LogP) is 2.52. The second-order valence-electron chi connectivity index (χ2n) is 3.61. The zero-order valence-corrected chi connectivity index (χ0v) is 8.87. The highest BCUT2D eigenvalue weighted by atomic mass is 16.4. The number of carbonyl (C=O) groups is 1. The van der Waals surface area contributed by atoms with Gasteiger partial charge in [0.25, 0.3) is 0 Å². The Morgan fingerprint density at radius 2 is 2.19 bits per heavy atom. The summed E-state index contributed by atoms with van der Waals surface area (Å²) in [6.45, 7) is 3.11. The Hall–Kier alpha value is -2.28. The number of nitrogens with zero attached hydrogens (tertiary/aromatic N) is 1. The maximum atomic E-state index is 11.4. The molecule has 0 aliphatic heterocycles. The molecule has 0 aliphatic carbocycles. The van der Waals surface area contributed by atoms with E-state index in [0.717, 1.165) is 0 Å². The lowest BCUT2D eigenvalue weighted by Gasteiger charge is -2.03. The standard InChI is InChI=1S/C12H9NO3/c1-6-3-9(7(2)14)10-4-8(5-13)16-12(10)11(6)15/h3-4,15H,1-2H3. The second kappa shape index (κ2) is 3.38. The average Bonchev–Trinajstić information content (AvgIpc) is 2.67. The van der Waals surface area contributed by atoms with Gasteiger partial charge in [-0.1, -0.05) is 0 Å². The Bertz CT molecular complexity index is 632. The van der Waals surface area contributed by atoms with Crippen LogP contribution in [0.4, 0.5) is 0 Å². The molecular formula is C12H9NO3. The maximum absolute atomic E-state index is 11.4. The Morgan fingerprint density at radius 1 is 1.50 bits per heavy atom. The monoisotopic (exact) mass is 215 g/mol. The number of carbonyl (C=O) groups excluding carboxylic acids is 1. The van der Waals surface area contributed by atoms with Crippen LogP contribution in [-0.2, 0) is 0 Å². The minimum absolute atomic E-state index is 0.0264. The number of hydrogen-bond donors (Lipinski definition) is 1. The summed E-state index contributed by atoms with van der Waals surface area (Å²) in [7, 11) is 0. The van der Waals surface area contributed by atoms with Gasteiger partial charge in [-0.15, -0.1) is 0 Å². The molecule has 0 amide bonds. The number of aromatic hydroxyl groups is 1. The molecule has 0 saturated carbocycles.